The first kappa shape index (κ1) is 11.5. The molecule has 0 bridgehead atoms. The first-order valence-corrected chi connectivity index (χ1v) is 6.16. The Labute approximate surface area is 111 Å². The minimum atomic E-state index is 0.755. The van der Waals surface area contributed by atoms with Gasteiger partial charge >= 0.3 is 0 Å². The number of H-pyrrole nitrogens is 1. The van der Waals surface area contributed by atoms with E-state index in [0.29, 0.717) is 0 Å². The SMILES string of the molecule is Cc1[nH]ncc1CNc1cccc(-n2cccn2)c1. The first-order valence-electron chi connectivity index (χ1n) is 6.16. The topological polar surface area (TPSA) is 58.5 Å². The lowest BCUT2D eigenvalue weighted by atomic mass is 10.2. The zero-order valence-electron chi connectivity index (χ0n) is 10.7. The van der Waals surface area contributed by atoms with Crippen LogP contribution in [0.1, 0.15) is 11.3 Å². The third kappa shape index (κ3) is 2.49. The molecule has 2 aromatic heterocycles. The molecular weight excluding hydrogens is 238 g/mol. The average molecular weight is 253 g/mol. The lowest BCUT2D eigenvalue weighted by Gasteiger charge is -2.08. The third-order valence-electron chi connectivity index (χ3n) is 3.03. The van der Waals surface area contributed by atoms with Gasteiger partial charge < -0.3 is 5.32 Å². The van der Waals surface area contributed by atoms with Crippen LogP contribution in [0.4, 0.5) is 5.69 Å². The highest BCUT2D eigenvalue weighted by molar-refractivity contribution is 5.51. The fraction of sp³-hybridized carbons (Fsp3) is 0.143. The van der Waals surface area contributed by atoms with Crippen molar-refractivity contribution in [3.05, 3.63) is 60.2 Å². The second-order valence-corrected chi connectivity index (χ2v) is 4.37. The van der Waals surface area contributed by atoms with Crippen molar-refractivity contribution in [1.82, 2.24) is 20.0 Å². The quantitative estimate of drug-likeness (QED) is 0.751. The average Bonchev–Trinajstić information content (AvgIpc) is 3.08. The second-order valence-electron chi connectivity index (χ2n) is 4.37. The number of rotatable bonds is 4. The van der Waals surface area contributed by atoms with Crippen LogP contribution in [-0.2, 0) is 6.54 Å². The van der Waals surface area contributed by atoms with Gasteiger partial charge in [0.2, 0.25) is 0 Å². The van der Waals surface area contributed by atoms with Crippen LogP contribution in [0.3, 0.4) is 0 Å². The van der Waals surface area contributed by atoms with Crippen LogP contribution < -0.4 is 5.32 Å². The molecule has 3 aromatic rings. The zero-order valence-corrected chi connectivity index (χ0v) is 10.7. The van der Waals surface area contributed by atoms with Gasteiger partial charge in [-0.05, 0) is 31.2 Å². The first-order chi connectivity index (χ1) is 9.33. The van der Waals surface area contributed by atoms with Gasteiger partial charge in [0.25, 0.3) is 0 Å². The number of nitrogens with zero attached hydrogens (tertiary/aromatic N) is 3. The molecule has 96 valence electrons. The van der Waals surface area contributed by atoms with Gasteiger partial charge in [0.15, 0.2) is 0 Å². The number of benzene rings is 1. The summed E-state index contributed by atoms with van der Waals surface area (Å²) in [4.78, 5) is 0. The van der Waals surface area contributed by atoms with E-state index in [1.807, 2.05) is 48.3 Å². The fourth-order valence-corrected chi connectivity index (χ4v) is 1.93. The van der Waals surface area contributed by atoms with Crippen molar-refractivity contribution >= 4 is 5.69 Å². The Balaban J connectivity index is 1.75. The Hall–Kier alpha value is -2.56. The molecule has 0 aliphatic heterocycles. The Morgan fingerprint density at radius 1 is 1.32 bits per heavy atom. The zero-order chi connectivity index (χ0) is 13.1. The lowest BCUT2D eigenvalue weighted by molar-refractivity contribution is 0.880. The summed E-state index contributed by atoms with van der Waals surface area (Å²) >= 11 is 0. The van der Waals surface area contributed by atoms with Gasteiger partial charge in [0.1, 0.15) is 0 Å². The largest absolute Gasteiger partial charge is 0.381 e. The number of aromatic amines is 1. The van der Waals surface area contributed by atoms with Gasteiger partial charge in [0.05, 0.1) is 11.9 Å². The van der Waals surface area contributed by atoms with Gasteiger partial charge in [-0.3, -0.25) is 5.10 Å². The van der Waals surface area contributed by atoms with Crippen molar-refractivity contribution in [3.8, 4) is 5.69 Å². The van der Waals surface area contributed by atoms with Crippen molar-refractivity contribution in [2.24, 2.45) is 0 Å². The van der Waals surface area contributed by atoms with E-state index in [-0.39, 0.29) is 0 Å². The Bertz CT molecular complexity index is 654. The molecule has 0 atom stereocenters. The molecule has 2 heterocycles. The minimum Gasteiger partial charge on any atom is -0.381 e. The Kier molecular flexibility index (Phi) is 3.02. The molecule has 0 spiro atoms. The van der Waals surface area contributed by atoms with Crippen LogP contribution >= 0.6 is 0 Å². The molecule has 0 aliphatic carbocycles. The number of nitrogens with one attached hydrogen (secondary N) is 2. The van der Waals surface area contributed by atoms with Gasteiger partial charge in [-0.1, -0.05) is 6.07 Å². The molecule has 0 radical (unpaired) electrons. The van der Waals surface area contributed by atoms with E-state index >= 15 is 0 Å². The molecule has 0 saturated carbocycles. The number of aromatic nitrogens is 4. The summed E-state index contributed by atoms with van der Waals surface area (Å²) in [5.74, 6) is 0. The summed E-state index contributed by atoms with van der Waals surface area (Å²) in [7, 11) is 0. The van der Waals surface area contributed by atoms with Gasteiger partial charge in [0, 0.05) is 35.9 Å². The number of anilines is 1. The normalized spacial score (nSPS) is 10.6. The molecule has 0 amide bonds. The number of hydrogen-bond acceptors (Lipinski definition) is 3. The summed E-state index contributed by atoms with van der Waals surface area (Å²) in [6.07, 6.45) is 5.55. The molecule has 19 heavy (non-hydrogen) atoms. The lowest BCUT2D eigenvalue weighted by Crippen LogP contribution is -2.01. The van der Waals surface area contributed by atoms with Gasteiger partial charge in [-0.15, -0.1) is 0 Å². The summed E-state index contributed by atoms with van der Waals surface area (Å²) in [6, 6.07) is 10.1. The number of aryl methyl sites for hydroxylation is 1. The van der Waals surface area contributed by atoms with Crippen molar-refractivity contribution < 1.29 is 0 Å². The molecule has 5 heteroatoms. The third-order valence-corrected chi connectivity index (χ3v) is 3.03. The molecule has 0 unspecified atom stereocenters. The molecule has 0 fully saturated rings. The number of hydrogen-bond donors (Lipinski definition) is 2. The molecule has 0 saturated heterocycles. The predicted octanol–water partition coefficient (Wildman–Crippen LogP) is 2.52. The summed E-state index contributed by atoms with van der Waals surface area (Å²) in [5.41, 5.74) is 4.37. The van der Waals surface area contributed by atoms with E-state index in [9.17, 15) is 0 Å². The maximum atomic E-state index is 4.23. The highest BCUT2D eigenvalue weighted by Gasteiger charge is 2.01. The van der Waals surface area contributed by atoms with Crippen molar-refractivity contribution in [1.29, 1.82) is 0 Å². The molecule has 5 nitrogen and oxygen atoms in total. The van der Waals surface area contributed by atoms with Crippen LogP contribution in [-0.4, -0.2) is 20.0 Å². The van der Waals surface area contributed by atoms with E-state index in [0.717, 1.165) is 23.6 Å². The minimum absolute atomic E-state index is 0.755. The highest BCUT2D eigenvalue weighted by Crippen LogP contribution is 2.15. The Morgan fingerprint density at radius 2 is 2.26 bits per heavy atom. The standard InChI is InChI=1S/C14H15N5/c1-11-12(10-16-18-11)9-15-13-4-2-5-14(8-13)19-7-3-6-17-19/h2-8,10,15H,9H2,1H3,(H,16,18). The van der Waals surface area contributed by atoms with Crippen molar-refractivity contribution in [2.45, 2.75) is 13.5 Å². The highest BCUT2D eigenvalue weighted by atomic mass is 15.3. The summed E-state index contributed by atoms with van der Waals surface area (Å²) in [5, 5.41) is 14.6. The predicted molar refractivity (Wildman–Crippen MR) is 74.2 cm³/mol. The van der Waals surface area contributed by atoms with Crippen LogP contribution in [0.25, 0.3) is 5.69 Å². The molecule has 0 aliphatic rings. The second kappa shape index (κ2) is 4.97. The smallest absolute Gasteiger partial charge is 0.0666 e. The molecule has 2 N–H and O–H groups in total. The molecule has 1 aromatic carbocycles. The summed E-state index contributed by atoms with van der Waals surface area (Å²) < 4.78 is 1.84. The van der Waals surface area contributed by atoms with Gasteiger partial charge in [-0.2, -0.15) is 10.2 Å². The summed E-state index contributed by atoms with van der Waals surface area (Å²) in [6.45, 7) is 2.77. The van der Waals surface area contributed by atoms with E-state index in [1.165, 1.54) is 5.56 Å². The Morgan fingerprint density at radius 3 is 3.00 bits per heavy atom. The van der Waals surface area contributed by atoms with Crippen molar-refractivity contribution in [2.75, 3.05) is 5.32 Å². The van der Waals surface area contributed by atoms with E-state index in [2.05, 4.69) is 26.7 Å². The van der Waals surface area contributed by atoms with E-state index < -0.39 is 0 Å². The van der Waals surface area contributed by atoms with Crippen LogP contribution in [0, 0.1) is 6.92 Å². The van der Waals surface area contributed by atoms with Crippen molar-refractivity contribution in [3.63, 3.8) is 0 Å². The maximum absolute atomic E-state index is 4.23. The van der Waals surface area contributed by atoms with Crippen LogP contribution in [0.5, 0.6) is 0 Å². The van der Waals surface area contributed by atoms with Gasteiger partial charge in [-0.25, -0.2) is 4.68 Å². The molecular formula is C14H15N5. The van der Waals surface area contributed by atoms with Crippen LogP contribution in [0.2, 0.25) is 0 Å². The maximum Gasteiger partial charge on any atom is 0.0666 e. The van der Waals surface area contributed by atoms with Crippen LogP contribution in [0.15, 0.2) is 48.9 Å². The monoisotopic (exact) mass is 253 g/mol. The van der Waals surface area contributed by atoms with E-state index in [4.69, 9.17) is 0 Å². The van der Waals surface area contributed by atoms with E-state index in [1.54, 1.807) is 6.20 Å². The molecule has 3 rings (SSSR count). The fourth-order valence-electron chi connectivity index (χ4n) is 1.93.